The van der Waals surface area contributed by atoms with E-state index in [2.05, 4.69) is 43.2 Å². The molecule has 1 aromatic carbocycles. The van der Waals surface area contributed by atoms with E-state index in [4.69, 9.17) is 0 Å². The third kappa shape index (κ3) is 3.62. The molecule has 20 heavy (non-hydrogen) atoms. The fourth-order valence-electron chi connectivity index (χ4n) is 2.58. The topological polar surface area (TPSA) is 44.9 Å². The van der Waals surface area contributed by atoms with Gasteiger partial charge in [-0.25, -0.2) is 0 Å². The molecule has 0 fully saturated rings. The Morgan fingerprint density at radius 2 is 2.05 bits per heavy atom. The van der Waals surface area contributed by atoms with Gasteiger partial charge < -0.3 is 10.3 Å². The maximum Gasteiger partial charge on any atom is 0.220 e. The number of aromatic nitrogens is 1. The summed E-state index contributed by atoms with van der Waals surface area (Å²) in [5, 5.41) is 4.38. The van der Waals surface area contributed by atoms with E-state index in [1.807, 2.05) is 18.3 Å². The second kappa shape index (κ2) is 6.12. The minimum atomic E-state index is -0.226. The highest BCUT2D eigenvalue weighted by Crippen LogP contribution is 2.22. The predicted molar refractivity (Wildman–Crippen MR) is 83.7 cm³/mol. The van der Waals surface area contributed by atoms with Crippen LogP contribution in [0, 0.1) is 0 Å². The summed E-state index contributed by atoms with van der Waals surface area (Å²) in [5.74, 6) is 0.150. The van der Waals surface area contributed by atoms with Gasteiger partial charge in [0.05, 0.1) is 0 Å². The van der Waals surface area contributed by atoms with Gasteiger partial charge in [0.15, 0.2) is 0 Å². The fraction of sp³-hybridized carbons (Fsp3) is 0.471. The van der Waals surface area contributed by atoms with Crippen LogP contribution in [-0.2, 0) is 11.2 Å². The minimum absolute atomic E-state index is 0.150. The number of amides is 1. The van der Waals surface area contributed by atoms with Crippen LogP contribution in [0.2, 0.25) is 0 Å². The molecule has 0 aliphatic carbocycles. The maximum atomic E-state index is 11.9. The van der Waals surface area contributed by atoms with Gasteiger partial charge in [-0.2, -0.15) is 0 Å². The molecule has 3 nitrogen and oxygen atoms in total. The number of para-hydroxylation sites is 1. The molecular formula is C17H24N2O. The van der Waals surface area contributed by atoms with Crippen LogP contribution in [-0.4, -0.2) is 16.4 Å². The summed E-state index contributed by atoms with van der Waals surface area (Å²) in [4.78, 5) is 15.2. The van der Waals surface area contributed by atoms with Gasteiger partial charge in [0, 0.05) is 29.1 Å². The molecule has 0 bridgehead atoms. The SMILES string of the molecule is CCCCC(=O)NC(C)(C)Cc1c[nH]c2ccccc12. The number of unbranched alkanes of at least 4 members (excludes halogenated alkanes) is 1. The third-order valence-corrected chi connectivity index (χ3v) is 3.54. The van der Waals surface area contributed by atoms with E-state index in [-0.39, 0.29) is 11.4 Å². The molecule has 1 amide bonds. The minimum Gasteiger partial charge on any atom is -0.361 e. The summed E-state index contributed by atoms with van der Waals surface area (Å²) in [6.45, 7) is 6.27. The molecule has 0 radical (unpaired) electrons. The highest BCUT2D eigenvalue weighted by Gasteiger charge is 2.22. The molecule has 0 aliphatic rings. The summed E-state index contributed by atoms with van der Waals surface area (Å²) in [6, 6.07) is 8.27. The molecule has 0 spiro atoms. The van der Waals surface area contributed by atoms with E-state index in [1.54, 1.807) is 0 Å². The van der Waals surface area contributed by atoms with Crippen molar-refractivity contribution in [3.63, 3.8) is 0 Å². The zero-order valence-corrected chi connectivity index (χ0v) is 12.6. The Labute approximate surface area is 120 Å². The van der Waals surface area contributed by atoms with Crippen molar-refractivity contribution >= 4 is 16.8 Å². The lowest BCUT2D eigenvalue weighted by Crippen LogP contribution is -2.45. The first kappa shape index (κ1) is 14.6. The van der Waals surface area contributed by atoms with Crippen LogP contribution in [0.25, 0.3) is 10.9 Å². The van der Waals surface area contributed by atoms with Gasteiger partial charge in [0.25, 0.3) is 0 Å². The van der Waals surface area contributed by atoms with Crippen molar-refractivity contribution in [2.45, 2.75) is 52.0 Å². The normalized spacial score (nSPS) is 11.8. The number of nitrogens with one attached hydrogen (secondary N) is 2. The number of hydrogen-bond acceptors (Lipinski definition) is 1. The van der Waals surface area contributed by atoms with Gasteiger partial charge in [-0.15, -0.1) is 0 Å². The summed E-state index contributed by atoms with van der Waals surface area (Å²) < 4.78 is 0. The van der Waals surface area contributed by atoms with Crippen LogP contribution in [0.5, 0.6) is 0 Å². The number of carbonyl (C=O) groups is 1. The monoisotopic (exact) mass is 272 g/mol. The van der Waals surface area contributed by atoms with E-state index in [0.29, 0.717) is 6.42 Å². The van der Waals surface area contributed by atoms with E-state index >= 15 is 0 Å². The molecule has 1 heterocycles. The highest BCUT2D eigenvalue weighted by molar-refractivity contribution is 5.83. The lowest BCUT2D eigenvalue weighted by molar-refractivity contribution is -0.122. The molecule has 2 rings (SSSR count). The molecule has 1 aromatic heterocycles. The molecular weight excluding hydrogens is 248 g/mol. The second-order valence-corrected chi connectivity index (χ2v) is 6.07. The van der Waals surface area contributed by atoms with Crippen molar-refractivity contribution in [3.05, 3.63) is 36.0 Å². The van der Waals surface area contributed by atoms with Gasteiger partial charge in [-0.3, -0.25) is 4.79 Å². The molecule has 0 atom stereocenters. The van der Waals surface area contributed by atoms with Crippen molar-refractivity contribution in [3.8, 4) is 0 Å². The lowest BCUT2D eigenvalue weighted by atomic mass is 9.94. The summed E-state index contributed by atoms with van der Waals surface area (Å²) in [6.07, 6.45) is 5.50. The number of rotatable bonds is 6. The lowest BCUT2D eigenvalue weighted by Gasteiger charge is -2.26. The van der Waals surface area contributed by atoms with E-state index in [9.17, 15) is 4.79 Å². The summed E-state index contributed by atoms with van der Waals surface area (Å²) in [5.41, 5.74) is 2.17. The number of H-pyrrole nitrogens is 1. The van der Waals surface area contributed by atoms with E-state index in [1.165, 1.54) is 10.9 Å². The number of carbonyl (C=O) groups excluding carboxylic acids is 1. The van der Waals surface area contributed by atoms with Gasteiger partial charge in [-0.05, 0) is 38.3 Å². The summed E-state index contributed by atoms with van der Waals surface area (Å²) in [7, 11) is 0. The van der Waals surface area contributed by atoms with Crippen LogP contribution in [0.3, 0.4) is 0 Å². The molecule has 3 heteroatoms. The molecule has 0 unspecified atom stereocenters. The Morgan fingerprint density at radius 1 is 1.30 bits per heavy atom. The van der Waals surface area contributed by atoms with Crippen molar-refractivity contribution in [1.82, 2.24) is 10.3 Å². The highest BCUT2D eigenvalue weighted by atomic mass is 16.1. The Bertz CT molecular complexity index is 583. The second-order valence-electron chi connectivity index (χ2n) is 6.07. The average Bonchev–Trinajstić information content (AvgIpc) is 2.79. The number of benzene rings is 1. The van der Waals surface area contributed by atoms with Gasteiger partial charge >= 0.3 is 0 Å². The van der Waals surface area contributed by atoms with Crippen LogP contribution in [0.15, 0.2) is 30.5 Å². The van der Waals surface area contributed by atoms with Crippen molar-refractivity contribution < 1.29 is 4.79 Å². The van der Waals surface area contributed by atoms with Crippen molar-refractivity contribution in [2.75, 3.05) is 0 Å². The molecule has 0 aliphatic heterocycles. The quantitative estimate of drug-likeness (QED) is 0.825. The molecule has 0 saturated heterocycles. The smallest absolute Gasteiger partial charge is 0.220 e. The molecule has 2 aromatic rings. The van der Waals surface area contributed by atoms with Crippen LogP contribution in [0.4, 0.5) is 0 Å². The van der Waals surface area contributed by atoms with Crippen molar-refractivity contribution in [1.29, 1.82) is 0 Å². The Morgan fingerprint density at radius 3 is 2.80 bits per heavy atom. The Balaban J connectivity index is 2.05. The summed E-state index contributed by atoms with van der Waals surface area (Å²) >= 11 is 0. The maximum absolute atomic E-state index is 11.9. The van der Waals surface area contributed by atoms with E-state index in [0.717, 1.165) is 24.8 Å². The zero-order chi connectivity index (χ0) is 14.6. The largest absolute Gasteiger partial charge is 0.361 e. The van der Waals surface area contributed by atoms with Gasteiger partial charge in [-0.1, -0.05) is 31.5 Å². The first-order chi connectivity index (χ1) is 9.52. The van der Waals surface area contributed by atoms with E-state index < -0.39 is 0 Å². The van der Waals surface area contributed by atoms with Crippen LogP contribution < -0.4 is 5.32 Å². The van der Waals surface area contributed by atoms with Gasteiger partial charge in [0.1, 0.15) is 0 Å². The van der Waals surface area contributed by atoms with Gasteiger partial charge in [0.2, 0.25) is 5.91 Å². The average molecular weight is 272 g/mol. The zero-order valence-electron chi connectivity index (χ0n) is 12.6. The van der Waals surface area contributed by atoms with Crippen LogP contribution >= 0.6 is 0 Å². The van der Waals surface area contributed by atoms with Crippen LogP contribution in [0.1, 0.15) is 45.6 Å². The predicted octanol–water partition coefficient (Wildman–Crippen LogP) is 3.80. The standard InChI is InChI=1S/C17H24N2O/c1-4-5-10-16(20)19-17(2,3)11-13-12-18-15-9-7-6-8-14(13)15/h6-9,12,18H,4-5,10-11H2,1-3H3,(H,19,20). The van der Waals surface area contributed by atoms with Crippen molar-refractivity contribution in [2.24, 2.45) is 0 Å². The fourth-order valence-corrected chi connectivity index (χ4v) is 2.58. The molecule has 108 valence electrons. The third-order valence-electron chi connectivity index (χ3n) is 3.54. The number of fused-ring (bicyclic) bond motifs is 1. The number of hydrogen-bond donors (Lipinski definition) is 2. The first-order valence-corrected chi connectivity index (χ1v) is 7.38. The molecule has 0 saturated carbocycles. The first-order valence-electron chi connectivity index (χ1n) is 7.38. The number of aromatic amines is 1. The molecule has 2 N–H and O–H groups in total. The Kier molecular flexibility index (Phi) is 4.48. The Hall–Kier alpha value is -1.77.